The van der Waals surface area contributed by atoms with Crippen molar-refractivity contribution in [2.45, 2.75) is 12.3 Å². The smallest absolute Gasteiger partial charge is 0.152 e. The lowest BCUT2D eigenvalue weighted by Gasteiger charge is -2.09. The van der Waals surface area contributed by atoms with E-state index in [9.17, 15) is 14.0 Å². The van der Waals surface area contributed by atoms with E-state index in [2.05, 4.69) is 0 Å². The van der Waals surface area contributed by atoms with Gasteiger partial charge in [-0.25, -0.2) is 4.39 Å². The van der Waals surface area contributed by atoms with E-state index in [1.165, 1.54) is 25.1 Å². The fraction of sp³-hybridized carbons (Fsp3) is 0.200. The first-order chi connectivity index (χ1) is 6.57. The van der Waals surface area contributed by atoms with Crippen LogP contribution in [-0.2, 0) is 4.79 Å². The van der Waals surface area contributed by atoms with Crippen LogP contribution in [0.4, 0.5) is 4.39 Å². The molecular weight excluding hydrogens is 207 g/mol. The van der Waals surface area contributed by atoms with Crippen molar-refractivity contribution in [2.75, 3.05) is 0 Å². The molecule has 0 aliphatic heterocycles. The Morgan fingerprint density at radius 1 is 1.57 bits per heavy atom. The van der Waals surface area contributed by atoms with Crippen LogP contribution >= 0.6 is 11.6 Å². The van der Waals surface area contributed by atoms with Gasteiger partial charge in [-0.1, -0.05) is 12.1 Å². The molecule has 0 amide bonds. The fourth-order valence-corrected chi connectivity index (χ4v) is 1.36. The van der Waals surface area contributed by atoms with Crippen LogP contribution in [0.1, 0.15) is 28.2 Å². The van der Waals surface area contributed by atoms with E-state index < -0.39 is 11.2 Å². The number of carbonyl (C=O) groups excluding carboxylic acids is 2. The van der Waals surface area contributed by atoms with Gasteiger partial charge >= 0.3 is 0 Å². The van der Waals surface area contributed by atoms with E-state index in [1.807, 2.05) is 0 Å². The van der Waals surface area contributed by atoms with Gasteiger partial charge in [-0.05, 0) is 13.0 Å². The Morgan fingerprint density at radius 2 is 2.21 bits per heavy atom. The van der Waals surface area contributed by atoms with E-state index >= 15 is 0 Å². The number of aldehydes is 1. The van der Waals surface area contributed by atoms with Crippen LogP contribution in [0.25, 0.3) is 0 Å². The number of ketones is 1. The zero-order valence-corrected chi connectivity index (χ0v) is 8.22. The van der Waals surface area contributed by atoms with Gasteiger partial charge in [-0.2, -0.15) is 0 Å². The van der Waals surface area contributed by atoms with Gasteiger partial charge < -0.3 is 0 Å². The van der Waals surface area contributed by atoms with Gasteiger partial charge in [0.1, 0.15) is 11.2 Å². The molecule has 1 aromatic carbocycles. The molecule has 0 bridgehead atoms. The molecule has 4 heteroatoms. The van der Waals surface area contributed by atoms with Crippen molar-refractivity contribution in [3.63, 3.8) is 0 Å². The van der Waals surface area contributed by atoms with E-state index in [0.29, 0.717) is 6.29 Å². The molecule has 0 saturated heterocycles. The average Bonchev–Trinajstić information content (AvgIpc) is 2.16. The van der Waals surface area contributed by atoms with Crippen LogP contribution in [0, 0.1) is 5.82 Å². The number of rotatable bonds is 3. The lowest BCUT2D eigenvalue weighted by Crippen LogP contribution is -2.07. The molecule has 0 saturated carbocycles. The summed E-state index contributed by atoms with van der Waals surface area (Å²) in [6.07, 6.45) is 0.483. The summed E-state index contributed by atoms with van der Waals surface area (Å²) in [5.74, 6) is -1.02. The third kappa shape index (κ3) is 1.99. The Labute approximate surface area is 85.7 Å². The molecule has 1 rings (SSSR count). The zero-order chi connectivity index (χ0) is 10.7. The number of Topliss-reactive ketones (excluding diaryl/α,β-unsaturated/α-hetero) is 1. The highest BCUT2D eigenvalue weighted by Gasteiger charge is 2.20. The second-order valence-corrected chi connectivity index (χ2v) is 3.27. The highest BCUT2D eigenvalue weighted by atomic mass is 35.5. The molecule has 1 unspecified atom stereocenters. The lowest BCUT2D eigenvalue weighted by atomic mass is 10.0. The van der Waals surface area contributed by atoms with Crippen LogP contribution in [0.15, 0.2) is 18.2 Å². The molecule has 0 N–H and O–H groups in total. The van der Waals surface area contributed by atoms with Crippen molar-refractivity contribution in [3.05, 3.63) is 35.1 Å². The Balaban J connectivity index is 3.30. The molecule has 1 atom stereocenters. The Hall–Kier alpha value is -1.22. The maximum atomic E-state index is 13.3. The second-order valence-electron chi connectivity index (χ2n) is 2.83. The zero-order valence-electron chi connectivity index (χ0n) is 7.46. The molecule has 0 fully saturated rings. The van der Waals surface area contributed by atoms with Gasteiger partial charge in [0, 0.05) is 11.1 Å². The van der Waals surface area contributed by atoms with Crippen LogP contribution in [0.3, 0.4) is 0 Å². The quantitative estimate of drug-likeness (QED) is 0.572. The molecule has 1 aromatic rings. The topological polar surface area (TPSA) is 34.1 Å². The molecule has 14 heavy (non-hydrogen) atoms. The SMILES string of the molecule is CC(=O)C(Cl)c1c(F)cccc1C=O. The van der Waals surface area contributed by atoms with Crippen LogP contribution in [0.2, 0.25) is 0 Å². The predicted molar refractivity (Wildman–Crippen MR) is 51.1 cm³/mol. The van der Waals surface area contributed by atoms with Crippen LogP contribution in [-0.4, -0.2) is 12.1 Å². The maximum Gasteiger partial charge on any atom is 0.152 e. The average molecular weight is 215 g/mol. The molecular formula is C10H8ClFO2. The van der Waals surface area contributed by atoms with Gasteiger partial charge in [0.15, 0.2) is 12.1 Å². The summed E-state index contributed by atoms with van der Waals surface area (Å²) in [5.41, 5.74) is 0.0665. The number of carbonyl (C=O) groups is 2. The lowest BCUT2D eigenvalue weighted by molar-refractivity contribution is -0.116. The summed E-state index contributed by atoms with van der Waals surface area (Å²) in [5, 5.41) is -1.10. The van der Waals surface area contributed by atoms with Crippen LogP contribution in [0.5, 0.6) is 0 Å². The Morgan fingerprint density at radius 3 is 2.71 bits per heavy atom. The molecule has 74 valence electrons. The van der Waals surface area contributed by atoms with Gasteiger partial charge in [-0.3, -0.25) is 9.59 Å². The molecule has 0 heterocycles. The van der Waals surface area contributed by atoms with Gasteiger partial charge in [0.05, 0.1) is 0 Å². The number of hydrogen-bond acceptors (Lipinski definition) is 2. The van der Waals surface area contributed by atoms with Crippen molar-refractivity contribution in [1.82, 2.24) is 0 Å². The summed E-state index contributed by atoms with van der Waals surface area (Å²) in [7, 11) is 0. The largest absolute Gasteiger partial charge is 0.298 e. The summed E-state index contributed by atoms with van der Waals surface area (Å²) in [4.78, 5) is 21.5. The third-order valence-electron chi connectivity index (χ3n) is 1.82. The molecule has 0 radical (unpaired) electrons. The highest BCUT2D eigenvalue weighted by molar-refractivity contribution is 6.31. The van der Waals surface area contributed by atoms with Crippen molar-refractivity contribution in [2.24, 2.45) is 0 Å². The molecule has 2 nitrogen and oxygen atoms in total. The first kappa shape index (κ1) is 10.9. The second kappa shape index (κ2) is 4.33. The van der Waals surface area contributed by atoms with Gasteiger partial charge in [-0.15, -0.1) is 11.6 Å². The minimum Gasteiger partial charge on any atom is -0.298 e. The van der Waals surface area contributed by atoms with E-state index in [0.717, 1.165) is 0 Å². The monoisotopic (exact) mass is 214 g/mol. The predicted octanol–water partition coefficient (Wildman–Crippen LogP) is 2.51. The highest BCUT2D eigenvalue weighted by Crippen LogP contribution is 2.26. The van der Waals surface area contributed by atoms with Crippen molar-refractivity contribution < 1.29 is 14.0 Å². The van der Waals surface area contributed by atoms with E-state index in [1.54, 1.807) is 0 Å². The van der Waals surface area contributed by atoms with E-state index in [4.69, 9.17) is 11.6 Å². The van der Waals surface area contributed by atoms with Gasteiger partial charge in [0.25, 0.3) is 0 Å². The van der Waals surface area contributed by atoms with Gasteiger partial charge in [0.2, 0.25) is 0 Å². The first-order valence-electron chi connectivity index (χ1n) is 3.96. The number of alkyl halides is 1. The number of benzene rings is 1. The van der Waals surface area contributed by atoms with E-state index in [-0.39, 0.29) is 16.9 Å². The summed E-state index contributed by atoms with van der Waals surface area (Å²) < 4.78 is 13.3. The molecule has 0 aliphatic rings. The first-order valence-corrected chi connectivity index (χ1v) is 4.39. The van der Waals surface area contributed by atoms with Crippen LogP contribution < -0.4 is 0 Å². The molecule has 0 aromatic heterocycles. The normalized spacial score (nSPS) is 12.2. The molecule has 0 aliphatic carbocycles. The summed E-state index contributed by atoms with van der Waals surface area (Å²) in [6, 6.07) is 3.98. The summed E-state index contributed by atoms with van der Waals surface area (Å²) >= 11 is 5.68. The Bertz CT molecular complexity index is 376. The van der Waals surface area contributed by atoms with Crippen molar-refractivity contribution in [1.29, 1.82) is 0 Å². The standard InChI is InChI=1S/C10H8ClFO2/c1-6(14)10(11)9-7(5-13)3-2-4-8(9)12/h2-5,10H,1H3. The number of hydrogen-bond donors (Lipinski definition) is 0. The Kier molecular flexibility index (Phi) is 3.36. The third-order valence-corrected chi connectivity index (χ3v) is 2.35. The maximum absolute atomic E-state index is 13.3. The number of halogens is 2. The minimum atomic E-state index is -1.10. The fourth-order valence-electron chi connectivity index (χ4n) is 1.13. The van der Waals surface area contributed by atoms with Crippen molar-refractivity contribution >= 4 is 23.7 Å². The minimum absolute atomic E-state index is 0.0448. The van der Waals surface area contributed by atoms with Crippen molar-refractivity contribution in [3.8, 4) is 0 Å². The molecule has 0 spiro atoms. The summed E-state index contributed by atoms with van der Waals surface area (Å²) in [6.45, 7) is 1.25.